The van der Waals surface area contributed by atoms with E-state index in [1.165, 1.54) is 14.0 Å². The molecule has 82 valence electrons. The Morgan fingerprint density at radius 3 is 2.60 bits per heavy atom. The van der Waals surface area contributed by atoms with Crippen molar-refractivity contribution < 1.29 is 18.3 Å². The van der Waals surface area contributed by atoms with Crippen LogP contribution in [0.5, 0.6) is 5.75 Å². The highest BCUT2D eigenvalue weighted by Gasteiger charge is 2.21. The molecule has 1 heterocycles. The Hall–Kier alpha value is -1.72. The van der Waals surface area contributed by atoms with E-state index in [2.05, 4.69) is 4.98 Å². The van der Waals surface area contributed by atoms with E-state index < -0.39 is 18.0 Å². The van der Waals surface area contributed by atoms with Crippen LogP contribution >= 0.6 is 0 Å². The number of carbonyl (C=O) groups excluding carboxylic acids is 1. The highest BCUT2D eigenvalue weighted by molar-refractivity contribution is 5.97. The van der Waals surface area contributed by atoms with Crippen LogP contribution in [-0.2, 0) is 0 Å². The number of alkyl halides is 2. The van der Waals surface area contributed by atoms with E-state index in [1.54, 1.807) is 0 Å². The molecular weight excluding hydrogens is 206 g/mol. The quantitative estimate of drug-likeness (QED) is 0.831. The molecule has 15 heavy (non-hydrogen) atoms. The lowest BCUT2D eigenvalue weighted by atomic mass is 10.1. The molecule has 1 rings (SSSR count). The number of ether oxygens (including phenoxy) is 1. The van der Waals surface area contributed by atoms with E-state index in [0.29, 0.717) is 0 Å². The zero-order valence-electron chi connectivity index (χ0n) is 8.25. The van der Waals surface area contributed by atoms with Crippen LogP contribution in [0.2, 0.25) is 0 Å². The maximum Gasteiger partial charge on any atom is 0.280 e. The second-order valence-corrected chi connectivity index (χ2v) is 2.88. The number of rotatable bonds is 3. The molecule has 6 heteroatoms. The third kappa shape index (κ3) is 2.03. The Kier molecular flexibility index (Phi) is 3.18. The molecule has 0 saturated carbocycles. The van der Waals surface area contributed by atoms with Crippen LogP contribution in [0.4, 0.5) is 8.78 Å². The van der Waals surface area contributed by atoms with Gasteiger partial charge in [0.15, 0.2) is 0 Å². The monoisotopic (exact) mass is 216 g/mol. The first-order chi connectivity index (χ1) is 6.99. The smallest absolute Gasteiger partial charge is 0.280 e. The molecule has 0 saturated heterocycles. The predicted octanol–water partition coefficient (Wildman–Crippen LogP) is 1.44. The molecule has 0 radical (unpaired) electrons. The third-order valence-electron chi connectivity index (χ3n) is 2.00. The minimum Gasteiger partial charge on any atom is -0.494 e. The molecule has 2 N–H and O–H groups in total. The number of amides is 1. The highest BCUT2D eigenvalue weighted by Crippen LogP contribution is 2.28. The largest absolute Gasteiger partial charge is 0.494 e. The standard InChI is InChI=1S/C9H10F2N2O2/c1-4-6(9(12)14)5(15-2)3-13-7(4)8(10)11/h3,8H,1-2H3,(H2,12,14). The summed E-state index contributed by atoms with van der Waals surface area (Å²) in [5.41, 5.74) is 4.61. The second kappa shape index (κ2) is 4.20. The Balaban J connectivity index is 3.42. The van der Waals surface area contributed by atoms with Crippen molar-refractivity contribution in [2.75, 3.05) is 7.11 Å². The van der Waals surface area contributed by atoms with Crippen LogP contribution < -0.4 is 10.5 Å². The number of primary amides is 1. The molecule has 0 aliphatic rings. The minimum absolute atomic E-state index is 0.0526. The van der Waals surface area contributed by atoms with Gasteiger partial charge >= 0.3 is 0 Å². The molecule has 0 spiro atoms. The van der Waals surface area contributed by atoms with Crippen LogP contribution in [0.15, 0.2) is 6.20 Å². The van der Waals surface area contributed by atoms with Crippen molar-refractivity contribution in [2.45, 2.75) is 13.3 Å². The lowest BCUT2D eigenvalue weighted by molar-refractivity contribution is 0.0995. The molecule has 0 aromatic carbocycles. The van der Waals surface area contributed by atoms with Crippen LogP contribution in [0, 0.1) is 6.92 Å². The fourth-order valence-electron chi connectivity index (χ4n) is 1.28. The maximum absolute atomic E-state index is 12.5. The van der Waals surface area contributed by atoms with Gasteiger partial charge in [-0.1, -0.05) is 0 Å². The van der Waals surface area contributed by atoms with Gasteiger partial charge in [-0.25, -0.2) is 8.78 Å². The highest BCUT2D eigenvalue weighted by atomic mass is 19.3. The molecule has 1 aromatic rings. The zero-order chi connectivity index (χ0) is 11.6. The number of aromatic nitrogens is 1. The van der Waals surface area contributed by atoms with Gasteiger partial charge in [0.05, 0.1) is 18.9 Å². The van der Waals surface area contributed by atoms with Crippen LogP contribution in [0.1, 0.15) is 28.0 Å². The van der Waals surface area contributed by atoms with E-state index in [-0.39, 0.29) is 16.9 Å². The Labute approximate surface area is 85.1 Å². The topological polar surface area (TPSA) is 65.2 Å². The molecule has 0 bridgehead atoms. The molecule has 1 amide bonds. The summed E-state index contributed by atoms with van der Waals surface area (Å²) >= 11 is 0. The summed E-state index contributed by atoms with van der Waals surface area (Å²) < 4.78 is 29.7. The van der Waals surface area contributed by atoms with Gasteiger partial charge in [-0.2, -0.15) is 0 Å². The average molecular weight is 216 g/mol. The lowest BCUT2D eigenvalue weighted by Crippen LogP contribution is -2.16. The van der Waals surface area contributed by atoms with E-state index in [0.717, 1.165) is 6.20 Å². The molecule has 0 aliphatic carbocycles. The van der Waals surface area contributed by atoms with Gasteiger partial charge in [0.2, 0.25) is 0 Å². The predicted molar refractivity (Wildman–Crippen MR) is 49.0 cm³/mol. The van der Waals surface area contributed by atoms with Gasteiger partial charge in [-0.05, 0) is 12.5 Å². The number of carbonyl (C=O) groups is 1. The number of hydrogen-bond acceptors (Lipinski definition) is 3. The van der Waals surface area contributed by atoms with E-state index in [4.69, 9.17) is 10.5 Å². The molecule has 0 unspecified atom stereocenters. The van der Waals surface area contributed by atoms with E-state index >= 15 is 0 Å². The van der Waals surface area contributed by atoms with Crippen molar-refractivity contribution in [1.29, 1.82) is 0 Å². The van der Waals surface area contributed by atoms with Crippen molar-refractivity contribution in [3.63, 3.8) is 0 Å². The summed E-state index contributed by atoms with van der Waals surface area (Å²) in [6, 6.07) is 0. The molecule has 4 nitrogen and oxygen atoms in total. The maximum atomic E-state index is 12.5. The van der Waals surface area contributed by atoms with Crippen LogP contribution in [0.3, 0.4) is 0 Å². The number of hydrogen-bond donors (Lipinski definition) is 1. The van der Waals surface area contributed by atoms with Gasteiger partial charge in [0, 0.05) is 0 Å². The number of halogens is 2. The molecule has 1 aromatic heterocycles. The average Bonchev–Trinajstić information content (AvgIpc) is 2.15. The number of pyridine rings is 1. The van der Waals surface area contributed by atoms with Gasteiger partial charge in [-0.15, -0.1) is 0 Å². The van der Waals surface area contributed by atoms with Crippen LogP contribution in [-0.4, -0.2) is 18.0 Å². The first kappa shape index (κ1) is 11.4. The molecular formula is C9H10F2N2O2. The van der Waals surface area contributed by atoms with Crippen molar-refractivity contribution in [3.05, 3.63) is 23.0 Å². The SMILES string of the molecule is COc1cnc(C(F)F)c(C)c1C(N)=O. The van der Waals surface area contributed by atoms with Gasteiger partial charge < -0.3 is 10.5 Å². The summed E-state index contributed by atoms with van der Waals surface area (Å²) in [6.45, 7) is 1.36. The number of methoxy groups -OCH3 is 1. The fourth-order valence-corrected chi connectivity index (χ4v) is 1.28. The molecule has 0 atom stereocenters. The van der Waals surface area contributed by atoms with Crippen LogP contribution in [0.25, 0.3) is 0 Å². The first-order valence-electron chi connectivity index (χ1n) is 4.10. The van der Waals surface area contributed by atoms with Crippen molar-refractivity contribution >= 4 is 5.91 Å². The fraction of sp³-hybridized carbons (Fsp3) is 0.333. The zero-order valence-corrected chi connectivity index (χ0v) is 8.25. The van der Waals surface area contributed by atoms with E-state index in [9.17, 15) is 13.6 Å². The Morgan fingerprint density at radius 1 is 1.60 bits per heavy atom. The summed E-state index contributed by atoms with van der Waals surface area (Å²) in [5.74, 6) is -0.710. The summed E-state index contributed by atoms with van der Waals surface area (Å²) in [6.07, 6.45) is -1.68. The summed E-state index contributed by atoms with van der Waals surface area (Å²) in [7, 11) is 1.31. The van der Waals surface area contributed by atoms with Crippen molar-refractivity contribution in [2.24, 2.45) is 5.73 Å². The van der Waals surface area contributed by atoms with Gasteiger partial charge in [-0.3, -0.25) is 9.78 Å². The van der Waals surface area contributed by atoms with E-state index in [1.807, 2.05) is 0 Å². The third-order valence-corrected chi connectivity index (χ3v) is 2.00. The van der Waals surface area contributed by atoms with Crippen molar-refractivity contribution in [3.8, 4) is 5.75 Å². The Bertz CT molecular complexity index is 394. The van der Waals surface area contributed by atoms with Crippen molar-refractivity contribution in [1.82, 2.24) is 4.98 Å². The summed E-state index contributed by atoms with van der Waals surface area (Å²) in [4.78, 5) is 14.6. The summed E-state index contributed by atoms with van der Waals surface area (Å²) in [5, 5.41) is 0. The first-order valence-corrected chi connectivity index (χ1v) is 4.10. The van der Waals surface area contributed by atoms with Gasteiger partial charge in [0.25, 0.3) is 12.3 Å². The molecule has 0 fully saturated rings. The Morgan fingerprint density at radius 2 is 2.20 bits per heavy atom. The number of nitrogens with zero attached hydrogens (tertiary/aromatic N) is 1. The molecule has 0 aliphatic heterocycles. The van der Waals surface area contributed by atoms with Gasteiger partial charge in [0.1, 0.15) is 11.4 Å². The minimum atomic E-state index is -2.74. The number of nitrogens with two attached hydrogens (primary N) is 1. The second-order valence-electron chi connectivity index (χ2n) is 2.88. The lowest BCUT2D eigenvalue weighted by Gasteiger charge is -2.11. The normalized spacial score (nSPS) is 10.5.